The molecule has 0 bridgehead atoms. The predicted octanol–water partition coefficient (Wildman–Crippen LogP) is 1.48. The highest BCUT2D eigenvalue weighted by molar-refractivity contribution is 5.92. The van der Waals surface area contributed by atoms with E-state index in [2.05, 4.69) is 10.3 Å². The van der Waals surface area contributed by atoms with Gasteiger partial charge < -0.3 is 15.0 Å². The van der Waals surface area contributed by atoms with Crippen molar-refractivity contribution in [2.45, 2.75) is 44.6 Å². The lowest BCUT2D eigenvalue weighted by molar-refractivity contribution is 0.0895. The second-order valence-electron chi connectivity index (χ2n) is 5.41. The zero-order chi connectivity index (χ0) is 13.7. The number of amides is 1. The largest absolute Gasteiger partial charge is 0.396 e. The Balaban J connectivity index is 1.97. The van der Waals surface area contributed by atoms with Crippen molar-refractivity contribution in [2.24, 2.45) is 13.0 Å². The fourth-order valence-corrected chi connectivity index (χ4v) is 2.87. The van der Waals surface area contributed by atoms with Crippen molar-refractivity contribution in [3.05, 3.63) is 18.2 Å². The van der Waals surface area contributed by atoms with E-state index in [1.165, 1.54) is 19.3 Å². The number of hydrogen-bond acceptors (Lipinski definition) is 3. The molecule has 0 saturated heterocycles. The van der Waals surface area contributed by atoms with Crippen LogP contribution in [0.5, 0.6) is 0 Å². The lowest BCUT2D eigenvalue weighted by Gasteiger charge is -2.30. The van der Waals surface area contributed by atoms with E-state index in [-0.39, 0.29) is 18.6 Å². The number of nitrogens with zero attached hydrogens (tertiary/aromatic N) is 2. The number of aliphatic hydroxyl groups is 1. The minimum atomic E-state index is -0.135. The quantitative estimate of drug-likeness (QED) is 0.847. The molecule has 1 aliphatic rings. The number of aliphatic hydroxyl groups excluding tert-OH is 1. The van der Waals surface area contributed by atoms with Gasteiger partial charge in [-0.15, -0.1) is 0 Å². The second-order valence-corrected chi connectivity index (χ2v) is 5.41. The van der Waals surface area contributed by atoms with Gasteiger partial charge in [-0.2, -0.15) is 0 Å². The molecule has 0 aromatic carbocycles. The molecule has 0 aliphatic heterocycles. The van der Waals surface area contributed by atoms with E-state index in [0.29, 0.717) is 18.0 Å². The normalized spacial score (nSPS) is 18.2. The van der Waals surface area contributed by atoms with Crippen LogP contribution in [0.25, 0.3) is 0 Å². The lowest BCUT2D eigenvalue weighted by atomic mass is 9.82. The van der Waals surface area contributed by atoms with Gasteiger partial charge in [-0.3, -0.25) is 4.79 Å². The van der Waals surface area contributed by atoms with Gasteiger partial charge in [0.15, 0.2) is 0 Å². The zero-order valence-corrected chi connectivity index (χ0v) is 11.5. The molecule has 0 spiro atoms. The van der Waals surface area contributed by atoms with E-state index in [9.17, 15) is 9.90 Å². The summed E-state index contributed by atoms with van der Waals surface area (Å²) in [5, 5.41) is 12.2. The first-order valence-corrected chi connectivity index (χ1v) is 7.10. The summed E-state index contributed by atoms with van der Waals surface area (Å²) in [6.45, 7) is 0.115. The summed E-state index contributed by atoms with van der Waals surface area (Å²) >= 11 is 0. The zero-order valence-electron chi connectivity index (χ0n) is 11.5. The monoisotopic (exact) mass is 265 g/mol. The van der Waals surface area contributed by atoms with E-state index < -0.39 is 0 Å². The Bertz CT molecular complexity index is 411. The molecule has 1 aliphatic carbocycles. The van der Waals surface area contributed by atoms with Crippen LogP contribution in [0.1, 0.15) is 49.0 Å². The predicted molar refractivity (Wildman–Crippen MR) is 72.7 cm³/mol. The first-order valence-electron chi connectivity index (χ1n) is 7.10. The summed E-state index contributed by atoms with van der Waals surface area (Å²) in [6.07, 6.45) is 10.0. The van der Waals surface area contributed by atoms with Gasteiger partial charge in [0.25, 0.3) is 5.91 Å². The van der Waals surface area contributed by atoms with Gasteiger partial charge in [0.1, 0.15) is 5.69 Å². The molecule has 1 atom stereocenters. The van der Waals surface area contributed by atoms with Crippen LogP contribution in [-0.4, -0.2) is 33.2 Å². The Kier molecular flexibility index (Phi) is 4.96. The van der Waals surface area contributed by atoms with Crippen LogP contribution in [0.15, 0.2) is 12.5 Å². The first-order chi connectivity index (χ1) is 9.20. The van der Waals surface area contributed by atoms with Crippen LogP contribution >= 0.6 is 0 Å². The van der Waals surface area contributed by atoms with Crippen LogP contribution in [0, 0.1) is 5.92 Å². The number of aromatic nitrogens is 2. The molecule has 1 amide bonds. The minimum Gasteiger partial charge on any atom is -0.396 e. The molecule has 106 valence electrons. The third-order valence-corrected chi connectivity index (χ3v) is 3.91. The van der Waals surface area contributed by atoms with Crippen LogP contribution in [-0.2, 0) is 7.05 Å². The SMILES string of the molecule is Cn1cnc(C(=O)NC(CCO)C2CCCCC2)c1. The standard InChI is InChI=1S/C14H23N3O2/c1-17-9-13(15-10-17)14(19)16-12(7-8-18)11-5-3-2-4-6-11/h9-12,18H,2-8H2,1H3,(H,16,19). The highest BCUT2D eigenvalue weighted by atomic mass is 16.3. The molecule has 19 heavy (non-hydrogen) atoms. The number of carbonyl (C=O) groups excluding carboxylic acids is 1. The average Bonchev–Trinajstić information content (AvgIpc) is 2.86. The molecule has 1 aromatic heterocycles. The Hall–Kier alpha value is -1.36. The number of rotatable bonds is 5. The third-order valence-electron chi connectivity index (χ3n) is 3.91. The Morgan fingerprint density at radius 3 is 2.84 bits per heavy atom. The first kappa shape index (κ1) is 14.1. The molecule has 5 heteroatoms. The van der Waals surface area contributed by atoms with Crippen molar-refractivity contribution in [1.29, 1.82) is 0 Å². The van der Waals surface area contributed by atoms with Crippen LogP contribution in [0.4, 0.5) is 0 Å². The van der Waals surface area contributed by atoms with Gasteiger partial charge in [0.05, 0.1) is 6.33 Å². The van der Waals surface area contributed by atoms with Gasteiger partial charge in [0, 0.05) is 25.9 Å². The Morgan fingerprint density at radius 1 is 1.53 bits per heavy atom. The highest BCUT2D eigenvalue weighted by Crippen LogP contribution is 2.27. The number of aryl methyl sites for hydroxylation is 1. The maximum Gasteiger partial charge on any atom is 0.271 e. The Morgan fingerprint density at radius 2 is 2.26 bits per heavy atom. The molecular formula is C14H23N3O2. The van der Waals surface area contributed by atoms with Crippen molar-refractivity contribution in [3.8, 4) is 0 Å². The number of nitrogens with one attached hydrogen (secondary N) is 1. The Labute approximate surface area is 114 Å². The maximum absolute atomic E-state index is 12.1. The van der Waals surface area contributed by atoms with Gasteiger partial charge in [-0.25, -0.2) is 4.98 Å². The third kappa shape index (κ3) is 3.80. The number of imidazole rings is 1. The summed E-state index contributed by atoms with van der Waals surface area (Å²) in [6, 6.07) is 0.0693. The molecule has 2 N–H and O–H groups in total. The fourth-order valence-electron chi connectivity index (χ4n) is 2.87. The van der Waals surface area contributed by atoms with Gasteiger partial charge in [0.2, 0.25) is 0 Å². The smallest absolute Gasteiger partial charge is 0.271 e. The topological polar surface area (TPSA) is 67.2 Å². The van der Waals surface area contributed by atoms with Crippen LogP contribution < -0.4 is 5.32 Å². The van der Waals surface area contributed by atoms with E-state index >= 15 is 0 Å². The number of carbonyl (C=O) groups is 1. The highest BCUT2D eigenvalue weighted by Gasteiger charge is 2.25. The summed E-state index contributed by atoms with van der Waals surface area (Å²) in [5.41, 5.74) is 0.446. The van der Waals surface area contributed by atoms with Gasteiger partial charge in [-0.1, -0.05) is 19.3 Å². The number of hydrogen-bond donors (Lipinski definition) is 2. The summed E-state index contributed by atoms with van der Waals surface area (Å²) in [4.78, 5) is 16.2. The molecule has 1 unspecified atom stereocenters. The van der Waals surface area contributed by atoms with Crippen molar-refractivity contribution < 1.29 is 9.90 Å². The van der Waals surface area contributed by atoms with Crippen LogP contribution in [0.3, 0.4) is 0 Å². The van der Waals surface area contributed by atoms with E-state index in [4.69, 9.17) is 0 Å². The maximum atomic E-state index is 12.1. The summed E-state index contributed by atoms with van der Waals surface area (Å²) in [5.74, 6) is 0.359. The average molecular weight is 265 g/mol. The van der Waals surface area contributed by atoms with E-state index in [1.807, 2.05) is 7.05 Å². The fraction of sp³-hybridized carbons (Fsp3) is 0.714. The molecule has 2 rings (SSSR count). The molecule has 1 heterocycles. The summed E-state index contributed by atoms with van der Waals surface area (Å²) < 4.78 is 1.76. The second kappa shape index (κ2) is 6.70. The minimum absolute atomic E-state index is 0.0693. The van der Waals surface area contributed by atoms with Gasteiger partial charge >= 0.3 is 0 Å². The lowest BCUT2D eigenvalue weighted by Crippen LogP contribution is -2.41. The van der Waals surface area contributed by atoms with Crippen LogP contribution in [0.2, 0.25) is 0 Å². The molecular weight excluding hydrogens is 242 g/mol. The van der Waals surface area contributed by atoms with Crippen molar-refractivity contribution >= 4 is 5.91 Å². The van der Waals surface area contributed by atoms with Gasteiger partial charge in [-0.05, 0) is 25.2 Å². The van der Waals surface area contributed by atoms with E-state index in [1.54, 1.807) is 17.1 Å². The summed E-state index contributed by atoms with van der Waals surface area (Å²) in [7, 11) is 1.84. The van der Waals surface area contributed by atoms with Crippen molar-refractivity contribution in [3.63, 3.8) is 0 Å². The molecule has 5 nitrogen and oxygen atoms in total. The van der Waals surface area contributed by atoms with E-state index in [0.717, 1.165) is 12.8 Å². The van der Waals surface area contributed by atoms with Crippen molar-refractivity contribution in [2.75, 3.05) is 6.61 Å². The van der Waals surface area contributed by atoms with Crippen molar-refractivity contribution in [1.82, 2.24) is 14.9 Å². The molecule has 1 aromatic rings. The molecule has 1 saturated carbocycles. The molecule has 0 radical (unpaired) electrons. The molecule has 1 fully saturated rings.